The molecule has 5 nitrogen and oxygen atoms in total. The van der Waals surface area contributed by atoms with Crippen LogP contribution in [0.15, 0.2) is 24.3 Å². The largest absolute Gasteiger partial charge is 0.490 e. The molecule has 0 fully saturated rings. The maximum absolute atomic E-state index is 10.9. The first-order valence-electron chi connectivity index (χ1n) is 4.41. The molecule has 0 radical (unpaired) electrons. The number of nitrogens with zero attached hydrogens (tertiary/aromatic N) is 2. The topological polar surface area (TPSA) is 65.3 Å². The van der Waals surface area contributed by atoms with Crippen molar-refractivity contribution in [3.05, 3.63) is 39.5 Å². The number of hydrogen-bond acceptors (Lipinski definition) is 4. The van der Waals surface area contributed by atoms with Crippen LogP contribution in [0.5, 0.6) is 5.75 Å². The summed E-state index contributed by atoms with van der Waals surface area (Å²) in [6, 6.07) is 6.21. The second-order valence-electron chi connectivity index (χ2n) is 3.07. The number of rotatable bonds is 2. The minimum atomic E-state index is -0.489. The molecular formula is C10H7ClN2O3. The summed E-state index contributed by atoms with van der Waals surface area (Å²) in [5.74, 6) is 0.210. The van der Waals surface area contributed by atoms with Gasteiger partial charge in [-0.3, -0.25) is 10.1 Å². The van der Waals surface area contributed by atoms with Crippen molar-refractivity contribution < 1.29 is 9.66 Å². The Morgan fingerprint density at radius 3 is 2.75 bits per heavy atom. The number of ether oxygens (including phenoxy) is 1. The molecule has 2 rings (SSSR count). The van der Waals surface area contributed by atoms with Gasteiger partial charge in [0.25, 0.3) is 0 Å². The van der Waals surface area contributed by atoms with Crippen LogP contribution in [0.3, 0.4) is 0 Å². The number of hydrogen-bond donors (Lipinski definition) is 0. The van der Waals surface area contributed by atoms with E-state index in [9.17, 15) is 10.1 Å². The maximum Gasteiger partial charge on any atom is 0.320 e. The summed E-state index contributed by atoms with van der Waals surface area (Å²) in [6.45, 7) is 0. The summed E-state index contributed by atoms with van der Waals surface area (Å²) >= 11 is 5.71. The van der Waals surface area contributed by atoms with Crippen LogP contribution < -0.4 is 4.74 Å². The van der Waals surface area contributed by atoms with Gasteiger partial charge in [0, 0.05) is 0 Å². The number of fused-ring (bicyclic) bond motifs is 1. The molecule has 1 aromatic carbocycles. The molecule has 82 valence electrons. The second-order valence-corrected chi connectivity index (χ2v) is 3.46. The van der Waals surface area contributed by atoms with Crippen LogP contribution >= 0.6 is 11.6 Å². The molecule has 1 aromatic heterocycles. The molecule has 16 heavy (non-hydrogen) atoms. The highest BCUT2D eigenvalue weighted by Gasteiger charge is 2.19. The minimum Gasteiger partial charge on any atom is -0.490 e. The molecule has 6 heteroatoms. The lowest BCUT2D eigenvalue weighted by Crippen LogP contribution is -1.95. The van der Waals surface area contributed by atoms with E-state index in [0.29, 0.717) is 16.1 Å². The van der Waals surface area contributed by atoms with Crippen molar-refractivity contribution in [3.8, 4) is 5.75 Å². The first kappa shape index (κ1) is 10.6. The normalized spacial score (nSPS) is 10.4. The fraction of sp³-hybridized carbons (Fsp3) is 0.100. The van der Waals surface area contributed by atoms with Crippen LogP contribution in [-0.4, -0.2) is 17.0 Å². The van der Waals surface area contributed by atoms with Gasteiger partial charge >= 0.3 is 5.69 Å². The summed E-state index contributed by atoms with van der Waals surface area (Å²) in [5, 5.41) is 11.7. The van der Waals surface area contributed by atoms with Gasteiger partial charge in [-0.1, -0.05) is 11.6 Å². The molecule has 0 unspecified atom stereocenters. The number of halogens is 1. The van der Waals surface area contributed by atoms with E-state index in [1.54, 1.807) is 12.1 Å². The third-order valence-electron chi connectivity index (χ3n) is 2.17. The van der Waals surface area contributed by atoms with Gasteiger partial charge in [-0.05, 0) is 24.3 Å². The smallest absolute Gasteiger partial charge is 0.320 e. The van der Waals surface area contributed by atoms with Crippen LogP contribution in [0.2, 0.25) is 5.15 Å². The summed E-state index contributed by atoms with van der Waals surface area (Å²) in [5.41, 5.74) is 0.379. The molecule has 0 N–H and O–H groups in total. The molecule has 0 amide bonds. The van der Waals surface area contributed by atoms with E-state index in [1.165, 1.54) is 19.2 Å². The molecule has 0 aliphatic rings. The Morgan fingerprint density at radius 2 is 2.12 bits per heavy atom. The standard InChI is InChI=1S/C10H7ClN2O3/c1-16-8-4-3-7-6(10(8)13(14)15)2-5-9(11)12-7/h2-5H,1H3. The number of benzene rings is 1. The van der Waals surface area contributed by atoms with E-state index in [2.05, 4.69) is 4.98 Å². The Bertz CT molecular complexity index is 571. The lowest BCUT2D eigenvalue weighted by atomic mass is 10.1. The third kappa shape index (κ3) is 1.65. The Balaban J connectivity index is 2.84. The molecule has 0 saturated heterocycles. The molecule has 2 aromatic rings. The first-order valence-corrected chi connectivity index (χ1v) is 4.79. The summed E-state index contributed by atoms with van der Waals surface area (Å²) < 4.78 is 4.94. The third-order valence-corrected chi connectivity index (χ3v) is 2.38. The lowest BCUT2D eigenvalue weighted by Gasteiger charge is -2.04. The fourth-order valence-electron chi connectivity index (χ4n) is 1.50. The SMILES string of the molecule is COc1ccc2nc(Cl)ccc2c1[N+](=O)[O-]. The number of aromatic nitrogens is 1. The number of pyridine rings is 1. The zero-order valence-electron chi connectivity index (χ0n) is 8.31. The van der Waals surface area contributed by atoms with Gasteiger partial charge in [-0.25, -0.2) is 4.98 Å². The maximum atomic E-state index is 10.9. The van der Waals surface area contributed by atoms with Gasteiger partial charge < -0.3 is 4.74 Å². The van der Waals surface area contributed by atoms with Crippen molar-refractivity contribution in [2.45, 2.75) is 0 Å². The van der Waals surface area contributed by atoms with Crippen LogP contribution in [0.1, 0.15) is 0 Å². The van der Waals surface area contributed by atoms with Gasteiger partial charge in [-0.2, -0.15) is 0 Å². The Labute approximate surface area is 95.8 Å². The van der Waals surface area contributed by atoms with Crippen molar-refractivity contribution >= 4 is 28.2 Å². The second kappa shape index (κ2) is 3.94. The highest BCUT2D eigenvalue weighted by atomic mass is 35.5. The predicted molar refractivity (Wildman–Crippen MR) is 60.0 cm³/mol. The van der Waals surface area contributed by atoms with Crippen molar-refractivity contribution in [1.29, 1.82) is 0 Å². The summed E-state index contributed by atoms with van der Waals surface area (Å²) in [6.07, 6.45) is 0. The average molecular weight is 239 g/mol. The molecule has 1 heterocycles. The molecule has 0 saturated carbocycles. The summed E-state index contributed by atoms with van der Waals surface area (Å²) in [4.78, 5) is 14.5. The molecule has 0 aliphatic heterocycles. The van der Waals surface area contributed by atoms with Crippen LogP contribution in [0, 0.1) is 10.1 Å². The number of methoxy groups -OCH3 is 1. The highest BCUT2D eigenvalue weighted by Crippen LogP contribution is 2.34. The van der Waals surface area contributed by atoms with Gasteiger partial charge in [0.2, 0.25) is 0 Å². The first-order chi connectivity index (χ1) is 7.63. The monoisotopic (exact) mass is 238 g/mol. The Morgan fingerprint density at radius 1 is 1.38 bits per heavy atom. The van der Waals surface area contributed by atoms with E-state index in [4.69, 9.17) is 16.3 Å². The van der Waals surface area contributed by atoms with Crippen LogP contribution in [0.4, 0.5) is 5.69 Å². The minimum absolute atomic E-state index is 0.0934. The molecule has 0 bridgehead atoms. The molecule has 0 aliphatic carbocycles. The van der Waals surface area contributed by atoms with Gasteiger partial charge in [0.1, 0.15) is 5.15 Å². The van der Waals surface area contributed by atoms with Crippen LogP contribution in [0.25, 0.3) is 10.9 Å². The van der Waals surface area contributed by atoms with E-state index >= 15 is 0 Å². The number of nitro groups is 1. The van der Waals surface area contributed by atoms with Crippen LogP contribution in [-0.2, 0) is 0 Å². The Kier molecular flexibility index (Phi) is 2.62. The average Bonchev–Trinajstić information content (AvgIpc) is 2.26. The molecule has 0 atom stereocenters. The highest BCUT2D eigenvalue weighted by molar-refractivity contribution is 6.29. The number of nitro benzene ring substituents is 1. The van der Waals surface area contributed by atoms with Crippen molar-refractivity contribution in [3.63, 3.8) is 0 Å². The van der Waals surface area contributed by atoms with E-state index < -0.39 is 4.92 Å². The molecular weight excluding hydrogens is 232 g/mol. The van der Waals surface area contributed by atoms with Gasteiger partial charge in [-0.15, -0.1) is 0 Å². The molecule has 0 spiro atoms. The fourth-order valence-corrected chi connectivity index (χ4v) is 1.65. The van der Waals surface area contributed by atoms with Crippen molar-refractivity contribution in [1.82, 2.24) is 4.98 Å². The van der Waals surface area contributed by atoms with E-state index in [0.717, 1.165) is 0 Å². The zero-order chi connectivity index (χ0) is 11.7. The summed E-state index contributed by atoms with van der Waals surface area (Å²) in [7, 11) is 1.39. The van der Waals surface area contributed by atoms with Crippen molar-refractivity contribution in [2.24, 2.45) is 0 Å². The lowest BCUT2D eigenvalue weighted by molar-refractivity contribution is -0.383. The van der Waals surface area contributed by atoms with E-state index in [1.807, 2.05) is 0 Å². The quantitative estimate of drug-likeness (QED) is 0.458. The van der Waals surface area contributed by atoms with Gasteiger partial charge in [0.05, 0.1) is 22.9 Å². The van der Waals surface area contributed by atoms with Gasteiger partial charge in [0.15, 0.2) is 5.75 Å². The van der Waals surface area contributed by atoms with E-state index in [-0.39, 0.29) is 11.4 Å². The zero-order valence-corrected chi connectivity index (χ0v) is 9.06. The Hall–Kier alpha value is -1.88. The van der Waals surface area contributed by atoms with Crippen molar-refractivity contribution in [2.75, 3.05) is 7.11 Å². The predicted octanol–water partition coefficient (Wildman–Crippen LogP) is 2.81.